The number of aromatic nitrogens is 1. The summed E-state index contributed by atoms with van der Waals surface area (Å²) in [5.41, 5.74) is 1.20. The third kappa shape index (κ3) is 3.77. The van der Waals surface area contributed by atoms with Crippen LogP contribution in [0.5, 0.6) is 11.5 Å². The second-order valence-electron chi connectivity index (χ2n) is 7.54. The predicted octanol–water partition coefficient (Wildman–Crippen LogP) is 2.66. The lowest BCUT2D eigenvalue weighted by atomic mass is 9.96. The Morgan fingerprint density at radius 1 is 0.966 bits per heavy atom. The summed E-state index contributed by atoms with van der Waals surface area (Å²) >= 11 is 0. The highest BCUT2D eigenvalue weighted by Crippen LogP contribution is 2.38. The van der Waals surface area contributed by atoms with E-state index in [-0.39, 0.29) is 29.9 Å². The molecular formula is C22H25N3O4. The minimum atomic E-state index is -0.0866. The molecule has 0 saturated carbocycles. The van der Waals surface area contributed by atoms with Crippen molar-refractivity contribution < 1.29 is 19.1 Å². The lowest BCUT2D eigenvalue weighted by molar-refractivity contribution is 0.0549. The maximum atomic E-state index is 13.2. The first-order valence-corrected chi connectivity index (χ1v) is 9.86. The number of carbonyl (C=O) groups is 2. The number of nitrogens with zero attached hydrogens (tertiary/aromatic N) is 2. The van der Waals surface area contributed by atoms with Crippen molar-refractivity contribution in [2.45, 2.75) is 43.8 Å². The van der Waals surface area contributed by atoms with Crippen LogP contribution in [0.25, 0.3) is 0 Å². The summed E-state index contributed by atoms with van der Waals surface area (Å²) in [4.78, 5) is 31.6. The molecule has 4 rings (SSSR count). The smallest absolute Gasteiger partial charge is 0.254 e. The molecule has 3 heterocycles. The molecule has 3 atom stereocenters. The lowest BCUT2D eigenvalue weighted by Crippen LogP contribution is -2.52. The van der Waals surface area contributed by atoms with Gasteiger partial charge in [-0.05, 0) is 56.0 Å². The van der Waals surface area contributed by atoms with E-state index in [1.165, 1.54) is 0 Å². The molecule has 0 spiro atoms. The van der Waals surface area contributed by atoms with Crippen molar-refractivity contribution in [2.24, 2.45) is 0 Å². The number of ether oxygens (including phenoxy) is 2. The van der Waals surface area contributed by atoms with E-state index in [9.17, 15) is 9.59 Å². The number of carbonyl (C=O) groups excluding carboxylic acids is 2. The summed E-state index contributed by atoms with van der Waals surface area (Å²) in [6.07, 6.45) is 6.70. The molecule has 7 nitrogen and oxygen atoms in total. The first-order valence-electron chi connectivity index (χ1n) is 9.86. The quantitative estimate of drug-likeness (QED) is 0.842. The van der Waals surface area contributed by atoms with Crippen LogP contribution < -0.4 is 14.8 Å². The lowest BCUT2D eigenvalue weighted by Gasteiger charge is -2.39. The number of pyridine rings is 1. The van der Waals surface area contributed by atoms with Crippen molar-refractivity contribution in [1.29, 1.82) is 0 Å². The molecule has 1 aromatic heterocycles. The van der Waals surface area contributed by atoms with Gasteiger partial charge in [0.05, 0.1) is 14.2 Å². The molecule has 2 aromatic rings. The van der Waals surface area contributed by atoms with Crippen LogP contribution in [-0.4, -0.2) is 54.0 Å². The van der Waals surface area contributed by atoms with Gasteiger partial charge in [-0.25, -0.2) is 0 Å². The second kappa shape index (κ2) is 8.11. The monoisotopic (exact) mass is 395 g/mol. The molecule has 2 amide bonds. The number of methoxy groups -OCH3 is 2. The van der Waals surface area contributed by atoms with Crippen LogP contribution in [0.15, 0.2) is 42.7 Å². The van der Waals surface area contributed by atoms with Crippen molar-refractivity contribution in [3.63, 3.8) is 0 Å². The molecule has 2 fully saturated rings. The van der Waals surface area contributed by atoms with Crippen LogP contribution in [0.1, 0.15) is 46.4 Å². The van der Waals surface area contributed by atoms with Gasteiger partial charge in [0.25, 0.3) is 11.8 Å². The summed E-state index contributed by atoms with van der Waals surface area (Å²) in [6.45, 7) is 0. The largest absolute Gasteiger partial charge is 0.493 e. The Kier molecular flexibility index (Phi) is 5.38. The number of fused-ring (bicyclic) bond motifs is 2. The second-order valence-corrected chi connectivity index (χ2v) is 7.54. The number of amides is 2. The van der Waals surface area contributed by atoms with Crippen LogP contribution in [0.4, 0.5) is 0 Å². The van der Waals surface area contributed by atoms with Gasteiger partial charge in [0.15, 0.2) is 11.5 Å². The van der Waals surface area contributed by atoms with Crippen molar-refractivity contribution >= 4 is 11.8 Å². The highest BCUT2D eigenvalue weighted by molar-refractivity contribution is 5.96. The Morgan fingerprint density at radius 3 is 2.24 bits per heavy atom. The number of benzene rings is 1. The maximum absolute atomic E-state index is 13.2. The molecule has 1 unspecified atom stereocenters. The Morgan fingerprint density at radius 2 is 1.62 bits per heavy atom. The Bertz CT molecular complexity index is 888. The van der Waals surface area contributed by atoms with E-state index in [2.05, 4.69) is 10.3 Å². The Labute approximate surface area is 170 Å². The van der Waals surface area contributed by atoms with Gasteiger partial charge < -0.3 is 19.7 Å². The predicted molar refractivity (Wildman–Crippen MR) is 107 cm³/mol. The summed E-state index contributed by atoms with van der Waals surface area (Å²) in [7, 11) is 3.14. The van der Waals surface area contributed by atoms with Gasteiger partial charge in [0.1, 0.15) is 0 Å². The van der Waals surface area contributed by atoms with E-state index < -0.39 is 0 Å². The number of hydrogen-bond acceptors (Lipinski definition) is 5. The standard InChI is InChI=1S/C22H25N3O4/c1-28-19-6-3-15(11-20(19)29-2)22(27)25-17-4-5-18(25)13-16(12-17)24-21(26)14-7-9-23-10-8-14/h3,6-11,16-18H,4-5,12-13H2,1-2H3,(H,24,26)/t16?,17-,18+. The molecule has 0 radical (unpaired) electrons. The van der Waals surface area contributed by atoms with Crippen molar-refractivity contribution in [3.8, 4) is 11.5 Å². The van der Waals surface area contributed by atoms with Crippen LogP contribution >= 0.6 is 0 Å². The topological polar surface area (TPSA) is 80.8 Å². The molecule has 1 aromatic carbocycles. The number of hydrogen-bond donors (Lipinski definition) is 1. The van der Waals surface area contributed by atoms with Crippen molar-refractivity contribution in [3.05, 3.63) is 53.9 Å². The maximum Gasteiger partial charge on any atom is 0.254 e. The molecule has 2 saturated heterocycles. The van der Waals surface area contributed by atoms with Crippen molar-refractivity contribution in [1.82, 2.24) is 15.2 Å². The van der Waals surface area contributed by atoms with E-state index in [0.717, 1.165) is 25.7 Å². The van der Waals surface area contributed by atoms with Crippen LogP contribution in [0, 0.1) is 0 Å². The van der Waals surface area contributed by atoms with Crippen LogP contribution in [0.3, 0.4) is 0 Å². The van der Waals surface area contributed by atoms with E-state index >= 15 is 0 Å². The minimum Gasteiger partial charge on any atom is -0.493 e. The highest BCUT2D eigenvalue weighted by atomic mass is 16.5. The van der Waals surface area contributed by atoms with Gasteiger partial charge in [-0.15, -0.1) is 0 Å². The normalized spacial score (nSPS) is 22.8. The van der Waals surface area contributed by atoms with E-state index in [0.29, 0.717) is 22.6 Å². The first kappa shape index (κ1) is 19.2. The molecule has 0 aliphatic carbocycles. The van der Waals surface area contributed by atoms with Crippen LogP contribution in [0.2, 0.25) is 0 Å². The molecule has 2 aliphatic rings. The number of nitrogens with one attached hydrogen (secondary N) is 1. The Balaban J connectivity index is 1.45. The fourth-order valence-electron chi connectivity index (χ4n) is 4.52. The zero-order valence-electron chi connectivity index (χ0n) is 16.6. The molecule has 2 bridgehead atoms. The Hall–Kier alpha value is -3.09. The fourth-order valence-corrected chi connectivity index (χ4v) is 4.52. The summed E-state index contributed by atoms with van der Waals surface area (Å²) in [5, 5.41) is 3.13. The van der Waals surface area contributed by atoms with Gasteiger partial charge in [-0.3, -0.25) is 14.6 Å². The molecule has 7 heteroatoms. The highest BCUT2D eigenvalue weighted by Gasteiger charge is 2.43. The van der Waals surface area contributed by atoms with Gasteiger partial charge in [0.2, 0.25) is 0 Å². The summed E-state index contributed by atoms with van der Waals surface area (Å²) in [6, 6.07) is 9.03. The zero-order chi connectivity index (χ0) is 20.4. The minimum absolute atomic E-state index is 0.0114. The number of rotatable bonds is 5. The molecule has 152 valence electrons. The SMILES string of the molecule is COc1ccc(C(=O)N2[C@@H]3CC[C@H]2CC(NC(=O)c2ccncc2)C3)cc1OC. The molecular weight excluding hydrogens is 370 g/mol. The van der Waals surface area contributed by atoms with E-state index in [1.54, 1.807) is 56.9 Å². The molecule has 2 aliphatic heterocycles. The van der Waals surface area contributed by atoms with Crippen molar-refractivity contribution in [2.75, 3.05) is 14.2 Å². The molecule has 1 N–H and O–H groups in total. The third-order valence-corrected chi connectivity index (χ3v) is 5.88. The number of piperidine rings is 1. The van der Waals surface area contributed by atoms with Gasteiger partial charge in [-0.1, -0.05) is 0 Å². The van der Waals surface area contributed by atoms with Crippen LogP contribution in [-0.2, 0) is 0 Å². The summed E-state index contributed by atoms with van der Waals surface area (Å²) < 4.78 is 10.6. The van der Waals surface area contributed by atoms with Gasteiger partial charge in [-0.2, -0.15) is 0 Å². The van der Waals surface area contributed by atoms with E-state index in [1.807, 2.05) is 4.90 Å². The average molecular weight is 395 g/mol. The van der Waals surface area contributed by atoms with Gasteiger partial charge in [0, 0.05) is 41.6 Å². The first-order chi connectivity index (χ1) is 14.1. The van der Waals surface area contributed by atoms with E-state index in [4.69, 9.17) is 9.47 Å². The third-order valence-electron chi connectivity index (χ3n) is 5.88. The van der Waals surface area contributed by atoms with Gasteiger partial charge >= 0.3 is 0 Å². The molecule has 29 heavy (non-hydrogen) atoms. The fraction of sp³-hybridized carbons (Fsp3) is 0.409. The average Bonchev–Trinajstić information content (AvgIpc) is 3.03. The summed E-state index contributed by atoms with van der Waals surface area (Å²) in [5.74, 6) is 1.07. The zero-order valence-corrected chi connectivity index (χ0v) is 16.6.